The Labute approximate surface area is 110 Å². The lowest BCUT2D eigenvalue weighted by atomic mass is 9.87. The zero-order valence-corrected chi connectivity index (χ0v) is 11.6. The highest BCUT2D eigenvalue weighted by Crippen LogP contribution is 2.31. The quantitative estimate of drug-likeness (QED) is 0.817. The van der Waals surface area contributed by atoms with Crippen molar-refractivity contribution in [1.82, 2.24) is 5.32 Å². The summed E-state index contributed by atoms with van der Waals surface area (Å²) >= 11 is 0. The Morgan fingerprint density at radius 2 is 2.00 bits per heavy atom. The van der Waals surface area contributed by atoms with Gasteiger partial charge in [-0.15, -0.1) is 0 Å². The number of nitrogens with one attached hydrogen (secondary N) is 1. The predicted molar refractivity (Wildman–Crippen MR) is 77.3 cm³/mol. The van der Waals surface area contributed by atoms with Crippen LogP contribution in [-0.4, -0.2) is 25.2 Å². The van der Waals surface area contributed by atoms with E-state index in [2.05, 4.69) is 42.3 Å². The van der Waals surface area contributed by atoms with Crippen molar-refractivity contribution >= 4 is 5.69 Å². The van der Waals surface area contributed by atoms with Gasteiger partial charge in [0.25, 0.3) is 0 Å². The van der Waals surface area contributed by atoms with Crippen LogP contribution in [0.15, 0.2) is 18.2 Å². The second-order valence-corrected chi connectivity index (χ2v) is 5.90. The zero-order valence-electron chi connectivity index (χ0n) is 11.6. The normalized spacial score (nSPS) is 28.0. The summed E-state index contributed by atoms with van der Waals surface area (Å²) in [4.78, 5) is 2.66. The molecule has 0 bridgehead atoms. The molecule has 1 saturated carbocycles. The number of aryl methyl sites for hydroxylation is 2. The molecule has 2 atom stereocenters. The first-order valence-corrected chi connectivity index (χ1v) is 7.33. The summed E-state index contributed by atoms with van der Waals surface area (Å²) in [7, 11) is 0. The number of benzene rings is 1. The summed E-state index contributed by atoms with van der Waals surface area (Å²) in [5, 5.41) is 3.71. The SMILES string of the molecule is Cc1ccc(N2CCN[C@@H]3CCCC[C@H]32)c(C)c1. The van der Waals surface area contributed by atoms with Crippen molar-refractivity contribution in [2.45, 2.75) is 51.6 Å². The van der Waals surface area contributed by atoms with Gasteiger partial charge in [0.1, 0.15) is 0 Å². The van der Waals surface area contributed by atoms with Gasteiger partial charge in [0.15, 0.2) is 0 Å². The first-order chi connectivity index (χ1) is 8.75. The Morgan fingerprint density at radius 1 is 1.17 bits per heavy atom. The summed E-state index contributed by atoms with van der Waals surface area (Å²) in [6.07, 6.45) is 5.50. The van der Waals surface area contributed by atoms with Gasteiger partial charge >= 0.3 is 0 Å². The van der Waals surface area contributed by atoms with E-state index < -0.39 is 0 Å². The fourth-order valence-electron chi connectivity index (χ4n) is 3.69. The molecule has 1 saturated heterocycles. The molecule has 2 aliphatic rings. The number of hydrogen-bond donors (Lipinski definition) is 1. The summed E-state index contributed by atoms with van der Waals surface area (Å²) in [6, 6.07) is 8.32. The lowest BCUT2D eigenvalue weighted by Crippen LogP contribution is -2.59. The number of hydrogen-bond acceptors (Lipinski definition) is 2. The van der Waals surface area contributed by atoms with Gasteiger partial charge in [-0.25, -0.2) is 0 Å². The Bertz CT molecular complexity index is 425. The Kier molecular flexibility index (Phi) is 3.29. The highest BCUT2D eigenvalue weighted by Gasteiger charge is 2.33. The standard InChI is InChI=1S/C16H24N2/c1-12-7-8-15(13(2)11-12)18-10-9-17-14-5-3-4-6-16(14)18/h7-8,11,14,16-17H,3-6,9-10H2,1-2H3/t14-,16-/m1/s1. The molecule has 18 heavy (non-hydrogen) atoms. The molecule has 3 rings (SSSR count). The van der Waals surface area contributed by atoms with Crippen molar-refractivity contribution in [3.8, 4) is 0 Å². The first kappa shape index (κ1) is 12.0. The highest BCUT2D eigenvalue weighted by molar-refractivity contribution is 5.56. The van der Waals surface area contributed by atoms with Crippen molar-refractivity contribution in [3.63, 3.8) is 0 Å². The Balaban J connectivity index is 1.89. The third kappa shape index (κ3) is 2.14. The Hall–Kier alpha value is -1.02. The number of rotatable bonds is 1. The maximum absolute atomic E-state index is 3.71. The predicted octanol–water partition coefficient (Wildman–Crippen LogP) is 3.02. The molecule has 1 aromatic rings. The third-order valence-corrected chi connectivity index (χ3v) is 4.55. The molecule has 0 unspecified atom stereocenters. The van der Waals surface area contributed by atoms with E-state index in [1.807, 2.05) is 0 Å². The second-order valence-electron chi connectivity index (χ2n) is 5.90. The minimum Gasteiger partial charge on any atom is -0.365 e. The van der Waals surface area contributed by atoms with Crippen LogP contribution in [0.2, 0.25) is 0 Å². The molecular formula is C16H24N2. The van der Waals surface area contributed by atoms with Crippen LogP contribution in [0.25, 0.3) is 0 Å². The molecule has 0 spiro atoms. The number of piperazine rings is 1. The summed E-state index contributed by atoms with van der Waals surface area (Å²) < 4.78 is 0. The molecule has 0 aromatic heterocycles. The van der Waals surface area contributed by atoms with Gasteiger partial charge in [-0.1, -0.05) is 30.5 Å². The largest absolute Gasteiger partial charge is 0.365 e. The van der Waals surface area contributed by atoms with E-state index in [1.54, 1.807) is 0 Å². The maximum Gasteiger partial charge on any atom is 0.0443 e. The van der Waals surface area contributed by atoms with E-state index in [9.17, 15) is 0 Å². The van der Waals surface area contributed by atoms with Gasteiger partial charge in [-0.05, 0) is 38.3 Å². The van der Waals surface area contributed by atoms with Gasteiger partial charge in [-0.2, -0.15) is 0 Å². The van der Waals surface area contributed by atoms with E-state index in [0.717, 1.165) is 13.1 Å². The number of anilines is 1. The van der Waals surface area contributed by atoms with E-state index >= 15 is 0 Å². The molecule has 1 aliphatic carbocycles. The average Bonchev–Trinajstić information content (AvgIpc) is 2.38. The molecule has 2 nitrogen and oxygen atoms in total. The maximum atomic E-state index is 3.71. The van der Waals surface area contributed by atoms with Crippen molar-refractivity contribution in [1.29, 1.82) is 0 Å². The van der Waals surface area contributed by atoms with Crippen LogP contribution in [0.1, 0.15) is 36.8 Å². The lowest BCUT2D eigenvalue weighted by molar-refractivity contribution is 0.284. The van der Waals surface area contributed by atoms with Crippen LogP contribution in [0, 0.1) is 13.8 Å². The van der Waals surface area contributed by atoms with E-state index in [1.165, 1.54) is 42.5 Å². The van der Waals surface area contributed by atoms with E-state index in [0.29, 0.717) is 12.1 Å². The molecule has 1 N–H and O–H groups in total. The molecule has 0 amide bonds. The lowest BCUT2D eigenvalue weighted by Gasteiger charge is -2.46. The zero-order chi connectivity index (χ0) is 12.5. The smallest absolute Gasteiger partial charge is 0.0443 e. The second kappa shape index (κ2) is 4.93. The number of fused-ring (bicyclic) bond motifs is 1. The van der Waals surface area contributed by atoms with Crippen LogP contribution in [-0.2, 0) is 0 Å². The third-order valence-electron chi connectivity index (χ3n) is 4.55. The van der Waals surface area contributed by atoms with Crippen molar-refractivity contribution in [2.75, 3.05) is 18.0 Å². The van der Waals surface area contributed by atoms with Crippen molar-refractivity contribution < 1.29 is 0 Å². The average molecular weight is 244 g/mol. The summed E-state index contributed by atoms with van der Waals surface area (Å²) in [6.45, 7) is 6.72. The van der Waals surface area contributed by atoms with Gasteiger partial charge in [0, 0.05) is 30.9 Å². The Morgan fingerprint density at radius 3 is 2.83 bits per heavy atom. The van der Waals surface area contributed by atoms with Crippen molar-refractivity contribution in [3.05, 3.63) is 29.3 Å². The van der Waals surface area contributed by atoms with Gasteiger partial charge < -0.3 is 10.2 Å². The van der Waals surface area contributed by atoms with Crippen LogP contribution < -0.4 is 10.2 Å². The van der Waals surface area contributed by atoms with Crippen LogP contribution in [0.3, 0.4) is 0 Å². The number of nitrogens with zero attached hydrogens (tertiary/aromatic N) is 1. The molecule has 98 valence electrons. The molecule has 1 heterocycles. The topological polar surface area (TPSA) is 15.3 Å². The summed E-state index contributed by atoms with van der Waals surface area (Å²) in [5.74, 6) is 0. The minimum absolute atomic E-state index is 0.716. The van der Waals surface area contributed by atoms with Gasteiger partial charge in [0.2, 0.25) is 0 Å². The fraction of sp³-hybridized carbons (Fsp3) is 0.625. The fourth-order valence-corrected chi connectivity index (χ4v) is 3.69. The minimum atomic E-state index is 0.716. The van der Waals surface area contributed by atoms with Crippen LogP contribution in [0.4, 0.5) is 5.69 Å². The molecule has 2 fully saturated rings. The van der Waals surface area contributed by atoms with Crippen LogP contribution in [0.5, 0.6) is 0 Å². The molecule has 0 radical (unpaired) electrons. The molecule has 1 aromatic carbocycles. The molecule has 1 aliphatic heterocycles. The highest BCUT2D eigenvalue weighted by atomic mass is 15.2. The van der Waals surface area contributed by atoms with Crippen molar-refractivity contribution in [2.24, 2.45) is 0 Å². The van der Waals surface area contributed by atoms with Crippen LogP contribution >= 0.6 is 0 Å². The van der Waals surface area contributed by atoms with E-state index in [4.69, 9.17) is 0 Å². The molecular weight excluding hydrogens is 220 g/mol. The monoisotopic (exact) mass is 244 g/mol. The van der Waals surface area contributed by atoms with Gasteiger partial charge in [-0.3, -0.25) is 0 Å². The first-order valence-electron chi connectivity index (χ1n) is 7.33. The summed E-state index contributed by atoms with van der Waals surface area (Å²) in [5.41, 5.74) is 4.26. The van der Waals surface area contributed by atoms with E-state index in [-0.39, 0.29) is 0 Å². The molecule has 2 heteroatoms. The van der Waals surface area contributed by atoms with Gasteiger partial charge in [0.05, 0.1) is 0 Å².